The van der Waals surface area contributed by atoms with E-state index in [1.165, 1.54) is 0 Å². The maximum absolute atomic E-state index is 12.4. The maximum atomic E-state index is 12.4. The standard InChI is InChI=1S/C52H66O21/c53-21-33-43(63-24-29-13-5-1-6-14-29)37(56)39(58)50(69-33)67-28-36-46(66-27-32-19-11-4-12-20-32)48(73-51-40(59)38(57)44(34(22-54)70-51)64-25-30-15-7-2-8-16-30)42(61)52(71-36)72-47-41(60)49(62)68-35(23-55)45(47)65-26-31-17-9-3-10-18-31/h1-20,33-62H,21-28H2/t33-,34-,35-,36-,37-,38-,39-,40-,41-,42-,43-,44-,45-,46-,47-,48-,49-,50-,51+,52+/m1/s1. The summed E-state index contributed by atoms with van der Waals surface area (Å²) in [7, 11) is 0. The lowest BCUT2D eigenvalue weighted by Crippen LogP contribution is -2.67. The minimum atomic E-state index is -1.95. The summed E-state index contributed by atoms with van der Waals surface area (Å²) in [6.45, 7) is -2.82. The summed E-state index contributed by atoms with van der Waals surface area (Å²) in [6.07, 6.45) is -31.6. The molecule has 0 bridgehead atoms. The highest BCUT2D eigenvalue weighted by molar-refractivity contribution is 5.16. The lowest BCUT2D eigenvalue weighted by molar-refractivity contribution is -0.389. The molecular formula is C52H66O21. The Morgan fingerprint density at radius 2 is 0.644 bits per heavy atom. The van der Waals surface area contributed by atoms with Crippen molar-refractivity contribution in [2.24, 2.45) is 0 Å². The van der Waals surface area contributed by atoms with E-state index < -0.39 is 149 Å². The van der Waals surface area contributed by atoms with Gasteiger partial charge in [0.2, 0.25) is 0 Å². The molecule has 0 spiro atoms. The number of rotatable bonds is 22. The van der Waals surface area contributed by atoms with E-state index in [1.54, 1.807) is 109 Å². The van der Waals surface area contributed by atoms with Gasteiger partial charge in [0.15, 0.2) is 25.2 Å². The highest BCUT2D eigenvalue weighted by Crippen LogP contribution is 2.36. The summed E-state index contributed by atoms with van der Waals surface area (Å²) in [5, 5.41) is 112. The number of hydrogen-bond acceptors (Lipinski definition) is 21. The van der Waals surface area contributed by atoms with Crippen LogP contribution in [0, 0.1) is 0 Å². The summed E-state index contributed by atoms with van der Waals surface area (Å²) in [4.78, 5) is 0. The van der Waals surface area contributed by atoms with E-state index in [-0.39, 0.29) is 26.4 Å². The van der Waals surface area contributed by atoms with Gasteiger partial charge in [-0.2, -0.15) is 0 Å². The summed E-state index contributed by atoms with van der Waals surface area (Å²) in [6, 6.07) is 35.8. The number of ether oxygens (including phenoxy) is 11. The molecule has 10 N–H and O–H groups in total. The van der Waals surface area contributed by atoms with E-state index >= 15 is 0 Å². The van der Waals surface area contributed by atoms with Gasteiger partial charge in [-0.15, -0.1) is 0 Å². The SMILES string of the molecule is OC[C@H]1O[C@@H](OC[C@H]2O[C@@H](O[C@@H]3[C@@H](O)[C@H](O)O[C@H](CO)[C@H]3OCc3ccccc3)[C@H](O)[C@@H](O[C@@H]3O[C@H](CO)[C@@H](OCc4ccccc4)[C@H](O)[C@H]3O)[C@@H]2OCc2ccccc2)[C@H](O)[C@@H](O)[C@@H]1OCc1ccccc1. The van der Waals surface area contributed by atoms with E-state index in [2.05, 4.69) is 0 Å². The van der Waals surface area contributed by atoms with Crippen molar-refractivity contribution in [2.75, 3.05) is 26.4 Å². The second-order valence-electron chi connectivity index (χ2n) is 18.3. The topological polar surface area (TPSA) is 304 Å². The Morgan fingerprint density at radius 1 is 0.315 bits per heavy atom. The van der Waals surface area contributed by atoms with Gasteiger partial charge in [-0.05, 0) is 22.3 Å². The average molecular weight is 1030 g/mol. The predicted molar refractivity (Wildman–Crippen MR) is 250 cm³/mol. The molecule has 0 saturated carbocycles. The predicted octanol–water partition coefficient (Wildman–Crippen LogP) is -0.851. The maximum Gasteiger partial charge on any atom is 0.187 e. The fourth-order valence-electron chi connectivity index (χ4n) is 9.24. The van der Waals surface area contributed by atoms with Crippen LogP contribution in [0.3, 0.4) is 0 Å². The Kier molecular flexibility index (Phi) is 20.2. The van der Waals surface area contributed by atoms with Crippen LogP contribution >= 0.6 is 0 Å². The molecule has 0 unspecified atom stereocenters. The first-order chi connectivity index (χ1) is 35.5. The zero-order valence-corrected chi connectivity index (χ0v) is 39.7. The van der Waals surface area contributed by atoms with Crippen molar-refractivity contribution in [3.8, 4) is 0 Å². The van der Waals surface area contributed by atoms with Crippen molar-refractivity contribution in [3.05, 3.63) is 144 Å². The highest BCUT2D eigenvalue weighted by Gasteiger charge is 2.56. The molecule has 0 amide bonds. The van der Waals surface area contributed by atoms with Crippen LogP contribution in [0.4, 0.5) is 0 Å². The molecule has 400 valence electrons. The fraction of sp³-hybridized carbons (Fsp3) is 0.538. The largest absolute Gasteiger partial charge is 0.394 e. The Bertz CT molecular complexity index is 2180. The summed E-state index contributed by atoms with van der Waals surface area (Å²) in [5.41, 5.74) is 2.87. The van der Waals surface area contributed by atoms with Crippen LogP contribution in [0.5, 0.6) is 0 Å². The minimum Gasteiger partial charge on any atom is -0.394 e. The van der Waals surface area contributed by atoms with Gasteiger partial charge in [0, 0.05) is 0 Å². The van der Waals surface area contributed by atoms with Crippen LogP contribution in [0.15, 0.2) is 121 Å². The van der Waals surface area contributed by atoms with E-state index in [1.807, 2.05) is 12.1 Å². The molecule has 4 aliphatic heterocycles. The van der Waals surface area contributed by atoms with E-state index in [9.17, 15) is 51.1 Å². The number of benzene rings is 4. The smallest absolute Gasteiger partial charge is 0.187 e. The molecule has 8 rings (SSSR count). The van der Waals surface area contributed by atoms with E-state index in [0.29, 0.717) is 11.1 Å². The number of aliphatic hydroxyl groups excluding tert-OH is 10. The molecule has 73 heavy (non-hydrogen) atoms. The minimum absolute atomic E-state index is 0.00769. The van der Waals surface area contributed by atoms with Gasteiger partial charge < -0.3 is 103 Å². The van der Waals surface area contributed by atoms with Crippen molar-refractivity contribution >= 4 is 0 Å². The molecule has 4 aliphatic rings. The molecule has 0 aliphatic carbocycles. The Morgan fingerprint density at radius 3 is 1.07 bits per heavy atom. The Labute approximate surface area is 421 Å². The molecule has 21 heteroatoms. The molecule has 4 saturated heterocycles. The molecule has 4 aromatic carbocycles. The second kappa shape index (κ2) is 26.7. The molecule has 4 fully saturated rings. The van der Waals surface area contributed by atoms with Gasteiger partial charge in [-0.1, -0.05) is 121 Å². The quantitative estimate of drug-likeness (QED) is 0.0459. The second-order valence-corrected chi connectivity index (χ2v) is 18.3. The monoisotopic (exact) mass is 1030 g/mol. The van der Waals surface area contributed by atoms with Crippen LogP contribution in [0.1, 0.15) is 22.3 Å². The third kappa shape index (κ3) is 13.7. The third-order valence-electron chi connectivity index (χ3n) is 13.2. The van der Waals surface area contributed by atoms with Crippen LogP contribution < -0.4 is 0 Å². The summed E-state index contributed by atoms with van der Waals surface area (Å²) in [5.74, 6) is 0. The zero-order valence-electron chi connectivity index (χ0n) is 39.7. The first-order valence-corrected chi connectivity index (χ1v) is 24.2. The highest BCUT2D eigenvalue weighted by atomic mass is 16.8. The number of hydrogen-bond donors (Lipinski definition) is 10. The number of aliphatic hydroxyl groups is 10. The molecule has 21 nitrogen and oxygen atoms in total. The van der Waals surface area contributed by atoms with Crippen LogP contribution in [0.2, 0.25) is 0 Å². The molecule has 0 radical (unpaired) electrons. The Balaban J connectivity index is 1.09. The van der Waals surface area contributed by atoms with Gasteiger partial charge in [-0.3, -0.25) is 0 Å². The van der Waals surface area contributed by atoms with Crippen molar-refractivity contribution in [1.82, 2.24) is 0 Å². The van der Waals surface area contributed by atoms with Crippen LogP contribution in [-0.2, 0) is 78.5 Å². The van der Waals surface area contributed by atoms with Gasteiger partial charge in [-0.25, -0.2) is 0 Å². The van der Waals surface area contributed by atoms with E-state index in [0.717, 1.165) is 11.1 Å². The summed E-state index contributed by atoms with van der Waals surface area (Å²) >= 11 is 0. The zero-order chi connectivity index (χ0) is 51.4. The average Bonchev–Trinajstić information content (AvgIpc) is 3.42. The molecular weight excluding hydrogens is 961 g/mol. The molecule has 4 heterocycles. The molecule has 4 aromatic rings. The van der Waals surface area contributed by atoms with Crippen LogP contribution in [-0.4, -0.2) is 200 Å². The Hall–Kier alpha value is -3.96. The normalized spacial score (nSPS) is 37.0. The van der Waals surface area contributed by atoms with Gasteiger partial charge in [0.25, 0.3) is 0 Å². The van der Waals surface area contributed by atoms with Gasteiger partial charge in [0.1, 0.15) is 97.7 Å². The van der Waals surface area contributed by atoms with Gasteiger partial charge in [0.05, 0.1) is 52.9 Å². The van der Waals surface area contributed by atoms with Gasteiger partial charge >= 0.3 is 0 Å². The molecule has 0 aromatic heterocycles. The summed E-state index contributed by atoms with van der Waals surface area (Å²) < 4.78 is 67.5. The molecule has 20 atom stereocenters. The first kappa shape index (κ1) is 55.3. The van der Waals surface area contributed by atoms with Crippen molar-refractivity contribution in [2.45, 2.75) is 149 Å². The van der Waals surface area contributed by atoms with Crippen LogP contribution in [0.25, 0.3) is 0 Å². The lowest BCUT2D eigenvalue weighted by Gasteiger charge is -2.50. The van der Waals surface area contributed by atoms with Crippen molar-refractivity contribution in [3.63, 3.8) is 0 Å². The lowest BCUT2D eigenvalue weighted by atomic mass is 9.95. The van der Waals surface area contributed by atoms with E-state index in [4.69, 9.17) is 52.1 Å². The fourth-order valence-corrected chi connectivity index (χ4v) is 9.24. The van der Waals surface area contributed by atoms with Crippen molar-refractivity contribution < 1.29 is 103 Å². The first-order valence-electron chi connectivity index (χ1n) is 24.2. The third-order valence-corrected chi connectivity index (χ3v) is 13.2. The van der Waals surface area contributed by atoms with Crippen molar-refractivity contribution in [1.29, 1.82) is 0 Å².